The quantitative estimate of drug-likeness (QED) is 0.151. The van der Waals surface area contributed by atoms with Gasteiger partial charge in [0.2, 0.25) is 0 Å². The van der Waals surface area contributed by atoms with Gasteiger partial charge in [-0.05, 0) is 121 Å². The van der Waals surface area contributed by atoms with Crippen LogP contribution in [0.15, 0.2) is 194 Å². The van der Waals surface area contributed by atoms with E-state index in [0.29, 0.717) is 0 Å². The van der Waals surface area contributed by atoms with Crippen LogP contribution >= 0.6 is 0 Å². The zero-order valence-corrected chi connectivity index (χ0v) is 33.9. The topological polar surface area (TPSA) is 49.9 Å². The van der Waals surface area contributed by atoms with Crippen LogP contribution in [0.2, 0.25) is 0 Å². The van der Waals surface area contributed by atoms with Gasteiger partial charge in [-0.15, -0.1) is 0 Å². The lowest BCUT2D eigenvalue weighted by molar-refractivity contribution is 0.416. The van der Waals surface area contributed by atoms with Gasteiger partial charge >= 0.3 is 0 Å². The summed E-state index contributed by atoms with van der Waals surface area (Å²) < 4.78 is 24.1. The van der Waals surface area contributed by atoms with Crippen molar-refractivity contribution in [1.82, 2.24) is 0 Å². The first-order chi connectivity index (χ1) is 29.6. The second-order valence-corrected chi connectivity index (χ2v) is 14.1. The second kappa shape index (κ2) is 16.6. The molecule has 8 heteroatoms. The summed E-state index contributed by atoms with van der Waals surface area (Å²) >= 11 is 0. The molecule has 1 aliphatic heterocycles. The SMILES string of the molecule is COc1ccccc1N1c2cccc(c2)N(c2ccccc2OC)c2cccc(c2)N(c2ccccc2OC)c2cccc(c2)N(c2ccccc2OC)c2cccc1c2. The Labute approximate surface area is 351 Å². The number of hydrogen-bond acceptors (Lipinski definition) is 8. The average molecular weight is 789 g/mol. The van der Waals surface area contributed by atoms with Gasteiger partial charge in [0, 0.05) is 45.5 Å². The monoisotopic (exact) mass is 788 g/mol. The Morgan fingerprint density at radius 1 is 0.233 bits per heavy atom. The molecule has 60 heavy (non-hydrogen) atoms. The number of anilines is 12. The van der Waals surface area contributed by atoms with Gasteiger partial charge in [0.1, 0.15) is 23.0 Å². The summed E-state index contributed by atoms with van der Waals surface area (Å²) in [6.45, 7) is 0. The van der Waals surface area contributed by atoms with E-state index in [1.807, 2.05) is 72.8 Å². The van der Waals surface area contributed by atoms with Gasteiger partial charge in [-0.1, -0.05) is 72.8 Å². The van der Waals surface area contributed by atoms with Gasteiger partial charge in [0.15, 0.2) is 0 Å². The number of methoxy groups -OCH3 is 4. The van der Waals surface area contributed by atoms with Crippen LogP contribution in [0.25, 0.3) is 0 Å². The number of hydrogen-bond donors (Lipinski definition) is 0. The molecule has 8 nitrogen and oxygen atoms in total. The first-order valence-electron chi connectivity index (χ1n) is 19.7. The zero-order chi connectivity index (χ0) is 41.0. The molecule has 8 aromatic rings. The van der Waals surface area contributed by atoms with Crippen molar-refractivity contribution in [3.63, 3.8) is 0 Å². The highest BCUT2D eigenvalue weighted by atomic mass is 16.5. The Morgan fingerprint density at radius 3 is 0.600 bits per heavy atom. The van der Waals surface area contributed by atoms with Crippen molar-refractivity contribution in [2.24, 2.45) is 0 Å². The minimum atomic E-state index is 0.739. The highest BCUT2D eigenvalue weighted by molar-refractivity contribution is 5.91. The molecule has 8 aromatic carbocycles. The van der Waals surface area contributed by atoms with Gasteiger partial charge in [-0.2, -0.15) is 0 Å². The van der Waals surface area contributed by atoms with E-state index < -0.39 is 0 Å². The molecule has 1 aliphatic rings. The molecule has 0 aliphatic carbocycles. The molecule has 1 heterocycles. The Balaban J connectivity index is 1.40. The van der Waals surface area contributed by atoms with E-state index in [0.717, 1.165) is 91.2 Å². The molecule has 0 N–H and O–H groups in total. The molecule has 0 saturated carbocycles. The summed E-state index contributed by atoms with van der Waals surface area (Å²) in [6, 6.07) is 66.8. The molecule has 0 saturated heterocycles. The lowest BCUT2D eigenvalue weighted by Crippen LogP contribution is -2.17. The fourth-order valence-corrected chi connectivity index (χ4v) is 8.05. The lowest BCUT2D eigenvalue weighted by Gasteiger charge is -2.34. The number of fused-ring (bicyclic) bond motifs is 8. The van der Waals surface area contributed by atoms with Crippen molar-refractivity contribution >= 4 is 68.2 Å². The van der Waals surface area contributed by atoms with Gasteiger partial charge in [-0.25, -0.2) is 0 Å². The van der Waals surface area contributed by atoms with Crippen molar-refractivity contribution in [2.75, 3.05) is 48.0 Å². The predicted molar refractivity (Wildman–Crippen MR) is 245 cm³/mol. The van der Waals surface area contributed by atoms with Crippen molar-refractivity contribution in [3.8, 4) is 23.0 Å². The minimum absolute atomic E-state index is 0.739. The fraction of sp³-hybridized carbons (Fsp3) is 0.0769. The second-order valence-electron chi connectivity index (χ2n) is 14.1. The highest BCUT2D eigenvalue weighted by Gasteiger charge is 2.26. The van der Waals surface area contributed by atoms with Crippen molar-refractivity contribution in [1.29, 1.82) is 0 Å². The van der Waals surface area contributed by atoms with Crippen molar-refractivity contribution < 1.29 is 18.9 Å². The predicted octanol–water partition coefficient (Wildman–Crippen LogP) is 13.9. The van der Waals surface area contributed by atoms with Crippen LogP contribution in [0, 0.1) is 0 Å². The number of para-hydroxylation sites is 8. The van der Waals surface area contributed by atoms with E-state index in [4.69, 9.17) is 18.9 Å². The fourth-order valence-electron chi connectivity index (χ4n) is 8.05. The number of nitrogens with zero attached hydrogens (tertiary/aromatic N) is 4. The van der Waals surface area contributed by atoms with E-state index in [2.05, 4.69) is 141 Å². The molecule has 0 radical (unpaired) electrons. The summed E-state index contributed by atoms with van der Waals surface area (Å²) in [7, 11) is 6.85. The van der Waals surface area contributed by atoms with Crippen molar-refractivity contribution in [3.05, 3.63) is 194 Å². The van der Waals surface area contributed by atoms with E-state index in [1.54, 1.807) is 28.4 Å². The van der Waals surface area contributed by atoms with Gasteiger partial charge in [0.05, 0.1) is 51.2 Å². The van der Waals surface area contributed by atoms with Crippen LogP contribution in [0.3, 0.4) is 0 Å². The molecular weight excluding hydrogens is 745 g/mol. The maximum absolute atomic E-state index is 6.04. The Hall–Kier alpha value is -7.84. The summed E-state index contributed by atoms with van der Waals surface area (Å²) in [5.41, 5.74) is 11.0. The molecule has 0 fully saturated rings. The molecule has 0 unspecified atom stereocenters. The Kier molecular flexibility index (Phi) is 10.4. The molecule has 9 rings (SSSR count). The highest BCUT2D eigenvalue weighted by Crippen LogP contribution is 2.50. The van der Waals surface area contributed by atoms with Crippen LogP contribution in [0.1, 0.15) is 0 Å². The summed E-state index contributed by atoms with van der Waals surface area (Å²) in [5.74, 6) is 2.95. The maximum Gasteiger partial charge on any atom is 0.142 e. The van der Waals surface area contributed by atoms with Crippen LogP contribution in [-0.2, 0) is 0 Å². The first kappa shape index (κ1) is 37.7. The van der Waals surface area contributed by atoms with E-state index in [1.165, 1.54) is 0 Å². The summed E-state index contributed by atoms with van der Waals surface area (Å²) in [5, 5.41) is 0. The number of rotatable bonds is 8. The van der Waals surface area contributed by atoms with Gasteiger partial charge in [0.25, 0.3) is 0 Å². The van der Waals surface area contributed by atoms with Crippen LogP contribution in [-0.4, -0.2) is 28.4 Å². The minimum Gasteiger partial charge on any atom is -0.495 e. The molecule has 0 aromatic heterocycles. The van der Waals surface area contributed by atoms with Crippen LogP contribution in [0.4, 0.5) is 68.2 Å². The third kappa shape index (κ3) is 6.94. The smallest absolute Gasteiger partial charge is 0.142 e. The summed E-state index contributed by atoms with van der Waals surface area (Å²) in [4.78, 5) is 8.98. The zero-order valence-electron chi connectivity index (χ0n) is 33.9. The first-order valence-corrected chi connectivity index (χ1v) is 19.7. The van der Waals surface area contributed by atoms with E-state index in [9.17, 15) is 0 Å². The molecule has 0 spiro atoms. The van der Waals surface area contributed by atoms with Crippen LogP contribution < -0.4 is 38.5 Å². The molecule has 296 valence electrons. The normalized spacial score (nSPS) is 12.2. The number of benzene rings is 8. The molecular formula is C52H44N4O4. The van der Waals surface area contributed by atoms with Crippen LogP contribution in [0.5, 0.6) is 23.0 Å². The van der Waals surface area contributed by atoms with E-state index in [-0.39, 0.29) is 0 Å². The standard InChI is InChI=1S/C52H44N4O4/c1-57-49-29-9-5-25-45(49)53-37-17-13-19-39(33-37)54(46-26-6-10-30-50(46)58-2)41-21-15-23-43(35-41)56(48-28-8-12-32-52(48)60-4)44-24-16-22-42(36-44)55(40-20-14-18-38(53)34-40)47-27-7-11-31-51(47)59-3/h5-36H,1-4H3. The average Bonchev–Trinajstić information content (AvgIpc) is 3.30. The molecule has 0 atom stereocenters. The maximum atomic E-state index is 6.04. The Bertz CT molecular complexity index is 2330. The Morgan fingerprint density at radius 2 is 0.417 bits per heavy atom. The number of ether oxygens (including phenoxy) is 4. The largest absolute Gasteiger partial charge is 0.495 e. The van der Waals surface area contributed by atoms with Gasteiger partial charge in [-0.3, -0.25) is 0 Å². The summed E-state index contributed by atoms with van der Waals surface area (Å²) in [6.07, 6.45) is 0. The molecule has 0 amide bonds. The molecule has 8 bridgehead atoms. The lowest BCUT2D eigenvalue weighted by atomic mass is 10.1. The third-order valence-electron chi connectivity index (χ3n) is 10.7. The van der Waals surface area contributed by atoms with E-state index >= 15 is 0 Å². The third-order valence-corrected chi connectivity index (χ3v) is 10.7. The van der Waals surface area contributed by atoms with Crippen molar-refractivity contribution in [2.45, 2.75) is 0 Å². The van der Waals surface area contributed by atoms with Gasteiger partial charge < -0.3 is 38.5 Å².